The van der Waals surface area contributed by atoms with Gasteiger partial charge in [0, 0.05) is 13.0 Å². The molecule has 10 amide bonds. The average molecular weight is 1800 g/mol. The van der Waals surface area contributed by atoms with Gasteiger partial charge in [0.05, 0.1) is 24.2 Å². The number of amides is 10. The van der Waals surface area contributed by atoms with Crippen molar-refractivity contribution in [3.05, 3.63) is 251 Å². The van der Waals surface area contributed by atoms with Crippen molar-refractivity contribution in [3.8, 4) is 0 Å². The molecule has 1 fully saturated rings. The smallest absolute Gasteiger partial charge is 0.408 e. The van der Waals surface area contributed by atoms with E-state index in [9.17, 15) is 71.9 Å². The third kappa shape index (κ3) is 44.3. The monoisotopic (exact) mass is 1800 g/mol. The topological polar surface area (TPSA) is 446 Å². The zero-order valence-electron chi connectivity index (χ0n) is 75.7. The largest absolute Gasteiger partial charge is 0.480 e. The normalized spacial score (nSPS) is 14.4. The lowest BCUT2D eigenvalue weighted by molar-refractivity contribution is -0.143. The molecule has 7 aromatic rings. The number of aliphatic carboxylic acids is 1. The van der Waals surface area contributed by atoms with Gasteiger partial charge < -0.3 is 101 Å². The van der Waals surface area contributed by atoms with Gasteiger partial charge in [-0.05, 0) is 100 Å². The number of alkyl carbamates (subject to hydrolysis) is 4. The van der Waals surface area contributed by atoms with Gasteiger partial charge in [0.15, 0.2) is 12.2 Å². The maximum absolute atomic E-state index is 12.7. The van der Waals surface area contributed by atoms with E-state index in [4.69, 9.17) is 28.8 Å². The third-order valence-electron chi connectivity index (χ3n) is 19.7. The molecule has 7 aromatic carbocycles. The molecule has 130 heavy (non-hydrogen) atoms. The highest BCUT2D eigenvalue weighted by molar-refractivity contribution is 5.97. The van der Waals surface area contributed by atoms with Crippen molar-refractivity contribution >= 4 is 90.9 Å². The highest BCUT2D eigenvalue weighted by Crippen LogP contribution is 2.24. The maximum Gasteiger partial charge on any atom is 0.408 e. The van der Waals surface area contributed by atoms with Crippen LogP contribution in [-0.2, 0) is 122 Å². The molecule has 8 rings (SSSR count). The van der Waals surface area contributed by atoms with Crippen molar-refractivity contribution in [2.75, 3.05) is 6.54 Å². The van der Waals surface area contributed by atoms with E-state index in [-0.39, 0.29) is 87.6 Å². The van der Waals surface area contributed by atoms with Crippen molar-refractivity contribution in [1.82, 2.24) is 53.2 Å². The number of carbonyl (C=O) groups is 15. The van der Waals surface area contributed by atoms with Crippen molar-refractivity contribution < 1.29 is 101 Å². The van der Waals surface area contributed by atoms with Crippen molar-refractivity contribution in [2.24, 2.45) is 35.5 Å². The summed E-state index contributed by atoms with van der Waals surface area (Å²) in [4.78, 5) is 178. The van der Waals surface area contributed by atoms with Crippen LogP contribution >= 0.6 is 0 Å². The number of hydrogen-bond donors (Lipinski definition) is 11. The van der Waals surface area contributed by atoms with Crippen molar-refractivity contribution in [3.63, 3.8) is 0 Å². The number of benzene rings is 7. The summed E-state index contributed by atoms with van der Waals surface area (Å²) >= 11 is 0. The number of epoxide rings is 1. The summed E-state index contributed by atoms with van der Waals surface area (Å²) in [5.41, 5.74) is 6.19. The number of ether oxygens (including phenoxy) is 5. The van der Waals surface area contributed by atoms with Gasteiger partial charge in [-0.3, -0.25) is 28.8 Å². The molecule has 0 bridgehead atoms. The number of rotatable bonds is 44. The summed E-state index contributed by atoms with van der Waals surface area (Å²) in [5.74, 6) is -4.06. The van der Waals surface area contributed by atoms with E-state index in [1.54, 1.807) is 6.92 Å². The van der Waals surface area contributed by atoms with Gasteiger partial charge in [-0.1, -0.05) is 316 Å². The minimum Gasteiger partial charge on any atom is -0.480 e. The van der Waals surface area contributed by atoms with Crippen LogP contribution in [0.15, 0.2) is 212 Å². The molecule has 0 aromatic heterocycles. The molecule has 31 nitrogen and oxygen atoms in total. The Morgan fingerprint density at radius 1 is 0.346 bits per heavy atom. The number of carboxylic acid groups (broad SMARTS) is 1. The molecule has 704 valence electrons. The first-order valence-electron chi connectivity index (χ1n) is 43.2. The Morgan fingerprint density at radius 2 is 0.646 bits per heavy atom. The van der Waals surface area contributed by atoms with Crippen LogP contribution in [0.5, 0.6) is 0 Å². The summed E-state index contributed by atoms with van der Waals surface area (Å²) in [6, 6.07) is 58.6. The first kappa shape index (κ1) is 111. The van der Waals surface area contributed by atoms with Crippen LogP contribution in [0.2, 0.25) is 0 Å². The zero-order valence-corrected chi connectivity index (χ0v) is 75.7. The minimum absolute atomic E-state index is 0. The maximum atomic E-state index is 12.7. The Bertz CT molecular complexity index is 4410. The molecule has 1 heterocycles. The summed E-state index contributed by atoms with van der Waals surface area (Å²) < 4.78 is 25.8. The molecule has 1 unspecified atom stereocenters. The fourth-order valence-electron chi connectivity index (χ4n) is 12.1. The minimum atomic E-state index is -1.08. The van der Waals surface area contributed by atoms with E-state index in [0.717, 1.165) is 51.7 Å². The molecule has 0 aliphatic carbocycles. The van der Waals surface area contributed by atoms with Gasteiger partial charge in [-0.25, -0.2) is 24.0 Å². The van der Waals surface area contributed by atoms with E-state index in [0.29, 0.717) is 51.1 Å². The molecule has 0 radical (unpaired) electrons. The highest BCUT2D eigenvalue weighted by Gasteiger charge is 2.51. The summed E-state index contributed by atoms with van der Waals surface area (Å²) in [6.07, 6.45) is 1.50. The van der Waals surface area contributed by atoms with Gasteiger partial charge in [-0.2, -0.15) is 0 Å². The molecule has 0 spiro atoms. The van der Waals surface area contributed by atoms with Crippen LogP contribution in [0.1, 0.15) is 156 Å². The van der Waals surface area contributed by atoms with Crippen LogP contribution in [0.25, 0.3) is 0 Å². The highest BCUT2D eigenvalue weighted by atomic mass is 16.6. The molecule has 11 N–H and O–H groups in total. The molecule has 1 aliphatic heterocycles. The zero-order chi connectivity index (χ0) is 95.2. The Kier molecular flexibility index (Phi) is 52.7. The summed E-state index contributed by atoms with van der Waals surface area (Å²) in [7, 11) is 0. The van der Waals surface area contributed by atoms with E-state index in [1.807, 2.05) is 295 Å². The van der Waals surface area contributed by atoms with Crippen LogP contribution in [0, 0.1) is 35.5 Å². The second-order valence-electron chi connectivity index (χ2n) is 32.4. The second kappa shape index (κ2) is 61.9. The van der Waals surface area contributed by atoms with E-state index in [2.05, 4.69) is 53.2 Å². The molecule has 1 saturated heterocycles. The average Bonchev–Trinajstić information content (AvgIpc) is 1.65. The SMILES string of the molecule is C.CC(C)C[C@@H](C=O)NC(=O)[C@@H](NC(=O)OCc1ccccc1)C(C)C.CC(C)[C@@H](C=O)NC(=O)[C@@H](Cc1ccccc1)NC(=O)OCc1ccccc1.CC(C)[C@H](NC(=O)OCc1ccccc1)C(=O)N[C@@H](C=O)Cc1ccccc1.CC(C)[C@H](NC(=O)OCc1ccccc1)C(=O)N[C@H](C=O)Cc1ccccc1.CCCNC(=O)[C@H]1O[C@@H]1C(=O)N[C@@H](C(=O)O)C(C)CC. The first-order valence-corrected chi connectivity index (χ1v) is 43.2. The number of hydrogen-bond acceptors (Lipinski definition) is 20. The quantitative estimate of drug-likeness (QED) is 0.00960. The molecule has 12 atom stereocenters. The van der Waals surface area contributed by atoms with Crippen molar-refractivity contribution in [1.29, 1.82) is 0 Å². The third-order valence-corrected chi connectivity index (χ3v) is 19.7. The van der Waals surface area contributed by atoms with Gasteiger partial charge in [-0.15, -0.1) is 0 Å². The van der Waals surface area contributed by atoms with Gasteiger partial charge in [0.2, 0.25) is 23.6 Å². The van der Waals surface area contributed by atoms with E-state index in [1.165, 1.54) is 0 Å². The van der Waals surface area contributed by atoms with Gasteiger partial charge in [0.25, 0.3) is 11.8 Å². The lowest BCUT2D eigenvalue weighted by Gasteiger charge is -2.24. The van der Waals surface area contributed by atoms with Gasteiger partial charge >= 0.3 is 30.3 Å². The first-order chi connectivity index (χ1) is 61.7. The standard InChI is InChI=1S/3C22H26N2O4.C19H28N2O4.C13H22N2O5.CH4/c1-16(2)20(14-25)23-21(26)19(13-17-9-5-3-6-10-17)24-22(27)28-15-18-11-7-4-8-12-18;2*1-16(2)20(24-22(27)28-15-18-11-7-4-8-12-18)21(26)23-19(14-25)13-17-9-5-3-6-10-17;1-13(2)10-16(11-22)20-18(23)17(14(3)4)21-19(24)25-12-15-8-6-5-7-9-15;1-4-6-14-11(16)9-10(20-9)12(17)15-8(13(18)19)7(3)5-2;/h3*3-12,14,16,19-20H,13,15H2,1-2H3,(H,23,26)(H,24,27);5-9,11,13-14,16-17H,10,12H2,1-4H3,(H,20,23)(H,21,24);7-10H,4-6H2,1-3H3,(H,14,16)(H,15,17)(H,18,19);1H4/t19-,20-;19-,20+;19-,20-;16-,17-;7?,8-,9+,10+;/m11001./s1. The van der Waals surface area contributed by atoms with Crippen LogP contribution in [0.4, 0.5) is 19.2 Å². The molecular weight excluding hydrogens is 1670 g/mol. The molecule has 0 saturated carbocycles. The predicted octanol–water partition coefficient (Wildman–Crippen LogP) is 11.8. The van der Waals surface area contributed by atoms with Crippen LogP contribution < -0.4 is 53.2 Å². The van der Waals surface area contributed by atoms with Crippen LogP contribution in [-0.4, -0.2) is 169 Å². The lowest BCUT2D eigenvalue weighted by atomic mass is 9.99. The fourth-order valence-corrected chi connectivity index (χ4v) is 12.1. The van der Waals surface area contributed by atoms with Crippen LogP contribution in [0.3, 0.4) is 0 Å². The van der Waals surface area contributed by atoms with E-state index >= 15 is 0 Å². The van der Waals surface area contributed by atoms with Gasteiger partial charge in [0.1, 0.15) is 81.8 Å². The Hall–Kier alpha value is -13.5. The number of carbonyl (C=O) groups excluding carboxylic acids is 14. The second-order valence-corrected chi connectivity index (χ2v) is 32.4. The number of carboxylic acids is 1. The van der Waals surface area contributed by atoms with Crippen molar-refractivity contribution in [2.45, 2.75) is 229 Å². The molecular formula is C99H132N10O21. The Balaban J connectivity index is 0.000000420. The molecule has 1 aliphatic rings. The number of aldehydes is 4. The number of nitrogens with one attached hydrogen (secondary N) is 10. The predicted molar refractivity (Wildman–Crippen MR) is 493 cm³/mol. The van der Waals surface area contributed by atoms with E-state index < -0.39 is 121 Å². The summed E-state index contributed by atoms with van der Waals surface area (Å²) in [5, 5.41) is 35.3. The summed E-state index contributed by atoms with van der Waals surface area (Å²) in [6.45, 7) is 25.0. The lowest BCUT2D eigenvalue weighted by Crippen LogP contribution is -2.52. The Morgan fingerprint density at radius 3 is 0.923 bits per heavy atom. The fraction of sp³-hybridized carbons (Fsp3) is 0.424. The Labute approximate surface area is 763 Å². The molecule has 31 heteroatoms.